The molecule has 0 bridgehead atoms. The first-order valence-corrected chi connectivity index (χ1v) is 12.1. The highest BCUT2D eigenvalue weighted by Gasteiger charge is 2.34. The van der Waals surface area contributed by atoms with Gasteiger partial charge in [0.1, 0.15) is 17.5 Å². The number of carbonyl (C=O) groups is 1. The van der Waals surface area contributed by atoms with Crippen LogP contribution in [0.2, 0.25) is 0 Å². The van der Waals surface area contributed by atoms with Crippen molar-refractivity contribution in [2.24, 2.45) is 0 Å². The van der Waals surface area contributed by atoms with Gasteiger partial charge in [-0.1, -0.05) is 46.3 Å². The minimum Gasteiger partial charge on any atom is -0.497 e. The molecule has 0 spiro atoms. The second kappa shape index (κ2) is 9.87. The van der Waals surface area contributed by atoms with Gasteiger partial charge in [0, 0.05) is 27.5 Å². The van der Waals surface area contributed by atoms with E-state index in [2.05, 4.69) is 26.6 Å². The quantitative estimate of drug-likeness (QED) is 0.325. The minimum absolute atomic E-state index is 0.218. The van der Waals surface area contributed by atoms with Gasteiger partial charge in [0.25, 0.3) is 5.91 Å². The molecule has 0 aliphatic carbocycles. The summed E-state index contributed by atoms with van der Waals surface area (Å²) in [7, 11) is 3.19. The number of fused-ring (bicyclic) bond motifs is 1. The maximum Gasteiger partial charge on any atom is 0.255 e. The van der Waals surface area contributed by atoms with E-state index in [1.807, 2.05) is 73.7 Å². The highest BCUT2D eigenvalue weighted by Crippen LogP contribution is 2.38. The summed E-state index contributed by atoms with van der Waals surface area (Å²) in [5, 5.41) is 11.1. The van der Waals surface area contributed by atoms with E-state index in [0.717, 1.165) is 15.6 Å². The van der Waals surface area contributed by atoms with Crippen LogP contribution in [-0.2, 0) is 4.79 Å². The molecular weight excluding hydrogens is 522 g/mol. The third-order valence-corrected chi connectivity index (χ3v) is 6.45. The summed E-state index contributed by atoms with van der Waals surface area (Å²) in [4.78, 5) is 18.3. The van der Waals surface area contributed by atoms with Gasteiger partial charge in [0.2, 0.25) is 5.95 Å². The van der Waals surface area contributed by atoms with Crippen LogP contribution in [0.1, 0.15) is 18.5 Å². The van der Waals surface area contributed by atoms with Gasteiger partial charge < -0.3 is 20.1 Å². The molecule has 2 heterocycles. The number of hydrogen-bond acceptors (Lipinski definition) is 6. The molecule has 8 nitrogen and oxygen atoms in total. The highest BCUT2D eigenvalue weighted by atomic mass is 79.9. The van der Waals surface area contributed by atoms with Gasteiger partial charge >= 0.3 is 0 Å². The van der Waals surface area contributed by atoms with Crippen LogP contribution in [-0.4, -0.2) is 34.9 Å². The van der Waals surface area contributed by atoms with Crippen molar-refractivity contribution in [1.29, 1.82) is 0 Å². The Morgan fingerprint density at radius 1 is 1.00 bits per heavy atom. The number of aromatic nitrogens is 3. The molecule has 2 N–H and O–H groups in total. The number of anilines is 2. The lowest BCUT2D eigenvalue weighted by atomic mass is 9.95. The van der Waals surface area contributed by atoms with Crippen LogP contribution >= 0.6 is 15.9 Å². The van der Waals surface area contributed by atoms with Crippen molar-refractivity contribution in [3.63, 3.8) is 0 Å². The van der Waals surface area contributed by atoms with Gasteiger partial charge in [-0.3, -0.25) is 4.79 Å². The molecule has 0 fully saturated rings. The Bertz CT molecular complexity index is 1430. The molecule has 36 heavy (non-hydrogen) atoms. The van der Waals surface area contributed by atoms with E-state index in [1.54, 1.807) is 25.0 Å². The van der Waals surface area contributed by atoms with Gasteiger partial charge in [-0.15, -0.1) is 5.10 Å². The van der Waals surface area contributed by atoms with Gasteiger partial charge in [-0.2, -0.15) is 4.98 Å². The average Bonchev–Trinajstić information content (AvgIpc) is 3.32. The number of nitrogens with zero attached hydrogens (tertiary/aromatic N) is 3. The maximum atomic E-state index is 13.6. The number of carbonyl (C=O) groups excluding carboxylic acids is 1. The normalized spacial score (nSPS) is 14.6. The Balaban J connectivity index is 1.61. The zero-order chi connectivity index (χ0) is 25.2. The van der Waals surface area contributed by atoms with Crippen LogP contribution in [0.15, 0.2) is 88.5 Å². The summed E-state index contributed by atoms with van der Waals surface area (Å²) in [6, 6.07) is 22.2. The molecule has 0 radical (unpaired) electrons. The number of allylic oxidation sites excluding steroid dienone is 1. The molecule has 1 amide bonds. The summed E-state index contributed by atoms with van der Waals surface area (Å²) in [6.45, 7) is 1.87. The molecule has 1 aliphatic heterocycles. The molecule has 4 aromatic rings. The SMILES string of the molecule is COc1cc(OC)cc(-c2nc3n(n2)C(c2ccc(Br)cc2)C(C(=O)Nc2ccccc2)=C(C)N3)c1. The molecule has 182 valence electrons. The molecule has 1 atom stereocenters. The van der Waals surface area contributed by atoms with E-state index in [1.165, 1.54) is 0 Å². The fourth-order valence-electron chi connectivity index (χ4n) is 4.18. The topological polar surface area (TPSA) is 90.3 Å². The summed E-state index contributed by atoms with van der Waals surface area (Å²) in [5.74, 6) is 2.06. The number of amides is 1. The number of ether oxygens (including phenoxy) is 2. The monoisotopic (exact) mass is 545 g/mol. The number of para-hydroxylation sites is 1. The Hall–Kier alpha value is -4.11. The van der Waals surface area contributed by atoms with Crippen LogP contribution in [0.5, 0.6) is 11.5 Å². The minimum atomic E-state index is -0.494. The van der Waals surface area contributed by atoms with E-state index in [-0.39, 0.29) is 5.91 Å². The number of halogens is 1. The standard InChI is InChI=1S/C27H24BrN5O3/c1-16-23(26(34)30-20-7-5-4-6-8-20)24(17-9-11-19(28)12-10-17)33-27(29-16)31-25(32-33)18-13-21(35-2)15-22(14-18)36-3/h4-15,24H,1-3H3,(H,30,34)(H,29,31,32). The smallest absolute Gasteiger partial charge is 0.255 e. The van der Waals surface area contributed by atoms with Crippen LogP contribution in [0.4, 0.5) is 11.6 Å². The lowest BCUT2D eigenvalue weighted by Gasteiger charge is -2.28. The van der Waals surface area contributed by atoms with Crippen molar-refractivity contribution >= 4 is 33.5 Å². The first kappa shape index (κ1) is 23.6. The molecule has 0 saturated heterocycles. The van der Waals surface area contributed by atoms with Crippen molar-refractivity contribution in [2.45, 2.75) is 13.0 Å². The van der Waals surface area contributed by atoms with Gasteiger partial charge in [-0.05, 0) is 48.9 Å². The maximum absolute atomic E-state index is 13.6. The van der Waals surface area contributed by atoms with Crippen molar-refractivity contribution < 1.29 is 14.3 Å². The predicted molar refractivity (Wildman–Crippen MR) is 142 cm³/mol. The molecule has 1 aromatic heterocycles. The van der Waals surface area contributed by atoms with Gasteiger partial charge in [0.15, 0.2) is 5.82 Å². The van der Waals surface area contributed by atoms with E-state index in [9.17, 15) is 4.79 Å². The van der Waals surface area contributed by atoms with E-state index < -0.39 is 6.04 Å². The predicted octanol–water partition coefficient (Wildman–Crippen LogP) is 5.65. The zero-order valence-electron chi connectivity index (χ0n) is 19.9. The summed E-state index contributed by atoms with van der Waals surface area (Å²) in [6.07, 6.45) is 0. The Morgan fingerprint density at radius 2 is 1.67 bits per heavy atom. The largest absolute Gasteiger partial charge is 0.497 e. The molecule has 9 heteroatoms. The van der Waals surface area contributed by atoms with Crippen molar-refractivity contribution in [2.75, 3.05) is 24.9 Å². The number of rotatable bonds is 6. The number of methoxy groups -OCH3 is 2. The van der Waals surface area contributed by atoms with Crippen molar-refractivity contribution in [3.05, 3.63) is 94.1 Å². The number of benzene rings is 3. The van der Waals surface area contributed by atoms with Crippen molar-refractivity contribution in [3.8, 4) is 22.9 Å². The fraction of sp³-hybridized carbons (Fsp3) is 0.148. The first-order chi connectivity index (χ1) is 17.5. The van der Waals surface area contributed by atoms with Crippen LogP contribution in [0, 0.1) is 0 Å². The van der Waals surface area contributed by atoms with E-state index in [0.29, 0.717) is 40.2 Å². The third-order valence-electron chi connectivity index (χ3n) is 5.92. The number of nitrogens with one attached hydrogen (secondary N) is 2. The molecule has 5 rings (SSSR count). The summed E-state index contributed by atoms with van der Waals surface area (Å²) < 4.78 is 13.5. The first-order valence-electron chi connectivity index (χ1n) is 11.3. The second-order valence-electron chi connectivity index (χ2n) is 8.24. The lowest BCUT2D eigenvalue weighted by Crippen LogP contribution is -2.31. The van der Waals surface area contributed by atoms with Crippen molar-refractivity contribution in [1.82, 2.24) is 14.8 Å². The highest BCUT2D eigenvalue weighted by molar-refractivity contribution is 9.10. The fourth-order valence-corrected chi connectivity index (χ4v) is 4.44. The van der Waals surface area contributed by atoms with E-state index >= 15 is 0 Å². The zero-order valence-corrected chi connectivity index (χ0v) is 21.5. The van der Waals surface area contributed by atoms with Gasteiger partial charge in [0.05, 0.1) is 19.8 Å². The van der Waals surface area contributed by atoms with Gasteiger partial charge in [-0.25, -0.2) is 4.68 Å². The summed E-state index contributed by atoms with van der Waals surface area (Å²) in [5.41, 5.74) is 3.60. The molecule has 3 aromatic carbocycles. The summed E-state index contributed by atoms with van der Waals surface area (Å²) >= 11 is 3.50. The van der Waals surface area contributed by atoms with Crippen LogP contribution in [0.25, 0.3) is 11.4 Å². The number of hydrogen-bond donors (Lipinski definition) is 2. The molecule has 1 unspecified atom stereocenters. The second-order valence-corrected chi connectivity index (χ2v) is 9.16. The lowest BCUT2D eigenvalue weighted by molar-refractivity contribution is -0.113. The Kier molecular flexibility index (Phi) is 6.47. The molecular formula is C27H24BrN5O3. The Morgan fingerprint density at radius 3 is 2.31 bits per heavy atom. The van der Waals surface area contributed by atoms with Crippen LogP contribution < -0.4 is 20.1 Å². The third kappa shape index (κ3) is 4.57. The molecule has 1 aliphatic rings. The average molecular weight is 546 g/mol. The van der Waals surface area contributed by atoms with E-state index in [4.69, 9.17) is 19.6 Å². The molecule has 0 saturated carbocycles. The van der Waals surface area contributed by atoms with Crippen LogP contribution in [0.3, 0.4) is 0 Å². The Labute approximate surface area is 217 Å².